The zero-order chi connectivity index (χ0) is 11.0. The van der Waals surface area contributed by atoms with Crippen LogP contribution >= 0.6 is 0 Å². The first-order valence-electron chi connectivity index (χ1n) is 5.53. The summed E-state index contributed by atoms with van der Waals surface area (Å²) in [6, 6.07) is 11.8. The first-order valence-corrected chi connectivity index (χ1v) is 5.53. The first-order chi connectivity index (χ1) is 7.88. The van der Waals surface area contributed by atoms with Gasteiger partial charge in [-0.3, -0.25) is 4.79 Å². The van der Waals surface area contributed by atoms with Gasteiger partial charge in [0.25, 0.3) is 0 Å². The van der Waals surface area contributed by atoms with Gasteiger partial charge < -0.3 is 4.42 Å². The summed E-state index contributed by atoms with van der Waals surface area (Å²) in [6.07, 6.45) is 3.26. The average Bonchev–Trinajstić information content (AvgIpc) is 3.07. The molecular weight excluding hydrogens is 200 g/mol. The normalized spacial score (nSPS) is 15.0. The zero-order valence-corrected chi connectivity index (χ0v) is 8.85. The molecule has 1 heterocycles. The molecule has 1 aromatic carbocycles. The lowest BCUT2D eigenvalue weighted by Crippen LogP contribution is -1.84. The Kier molecular flexibility index (Phi) is 2.13. The number of hydrogen-bond donors (Lipinski definition) is 0. The van der Waals surface area contributed by atoms with Crippen LogP contribution in [0.1, 0.15) is 34.9 Å². The standard InChI is InChI=1S/C14H12O2/c15-9-11-7-8-14(16-11)13-4-2-1-3-12(13)10-5-6-10/h1-4,7-10H,5-6H2. The highest BCUT2D eigenvalue weighted by molar-refractivity contribution is 5.73. The largest absolute Gasteiger partial charge is 0.453 e. The van der Waals surface area contributed by atoms with Gasteiger partial charge in [0.15, 0.2) is 12.0 Å². The van der Waals surface area contributed by atoms with Crippen molar-refractivity contribution in [2.75, 3.05) is 0 Å². The molecule has 1 saturated carbocycles. The van der Waals surface area contributed by atoms with Crippen molar-refractivity contribution in [3.05, 3.63) is 47.7 Å². The highest BCUT2D eigenvalue weighted by Gasteiger charge is 2.26. The Morgan fingerprint density at radius 3 is 2.62 bits per heavy atom. The van der Waals surface area contributed by atoms with Crippen molar-refractivity contribution >= 4 is 6.29 Å². The van der Waals surface area contributed by atoms with E-state index in [0.29, 0.717) is 11.7 Å². The summed E-state index contributed by atoms with van der Waals surface area (Å²) in [5.74, 6) is 1.87. The van der Waals surface area contributed by atoms with E-state index >= 15 is 0 Å². The second-order valence-electron chi connectivity index (χ2n) is 4.18. The molecule has 0 unspecified atom stereocenters. The molecule has 0 atom stereocenters. The van der Waals surface area contributed by atoms with E-state index in [0.717, 1.165) is 17.6 Å². The van der Waals surface area contributed by atoms with Crippen LogP contribution in [0.2, 0.25) is 0 Å². The molecule has 0 N–H and O–H groups in total. The fraction of sp³-hybridized carbons (Fsp3) is 0.214. The van der Waals surface area contributed by atoms with E-state index in [1.54, 1.807) is 6.07 Å². The maximum atomic E-state index is 10.6. The van der Waals surface area contributed by atoms with Gasteiger partial charge in [0.2, 0.25) is 0 Å². The summed E-state index contributed by atoms with van der Waals surface area (Å²) in [4.78, 5) is 10.6. The van der Waals surface area contributed by atoms with E-state index in [2.05, 4.69) is 18.2 Å². The van der Waals surface area contributed by atoms with Crippen molar-refractivity contribution in [2.24, 2.45) is 0 Å². The van der Waals surface area contributed by atoms with Gasteiger partial charge in [-0.15, -0.1) is 0 Å². The number of rotatable bonds is 3. The summed E-state index contributed by atoms with van der Waals surface area (Å²) in [5, 5.41) is 0. The molecule has 80 valence electrons. The maximum Gasteiger partial charge on any atom is 0.185 e. The van der Waals surface area contributed by atoms with E-state index in [9.17, 15) is 4.79 Å². The van der Waals surface area contributed by atoms with Gasteiger partial charge in [0, 0.05) is 5.56 Å². The van der Waals surface area contributed by atoms with Gasteiger partial charge >= 0.3 is 0 Å². The fourth-order valence-corrected chi connectivity index (χ4v) is 2.03. The van der Waals surface area contributed by atoms with Gasteiger partial charge in [-0.1, -0.05) is 24.3 Å². The molecule has 1 fully saturated rings. The molecule has 0 radical (unpaired) electrons. The van der Waals surface area contributed by atoms with Crippen LogP contribution in [0.25, 0.3) is 11.3 Å². The molecular formula is C14H12O2. The monoisotopic (exact) mass is 212 g/mol. The van der Waals surface area contributed by atoms with Crippen LogP contribution in [0.15, 0.2) is 40.8 Å². The molecule has 1 aromatic heterocycles. The molecule has 0 amide bonds. The second kappa shape index (κ2) is 3.63. The van der Waals surface area contributed by atoms with E-state index in [1.165, 1.54) is 18.4 Å². The van der Waals surface area contributed by atoms with Crippen molar-refractivity contribution in [1.82, 2.24) is 0 Å². The van der Waals surface area contributed by atoms with Crippen LogP contribution in [0.3, 0.4) is 0 Å². The van der Waals surface area contributed by atoms with Gasteiger partial charge in [0.05, 0.1) is 0 Å². The van der Waals surface area contributed by atoms with Crippen LogP contribution in [-0.4, -0.2) is 6.29 Å². The van der Waals surface area contributed by atoms with Crippen LogP contribution < -0.4 is 0 Å². The zero-order valence-electron chi connectivity index (χ0n) is 8.85. The predicted molar refractivity (Wildman–Crippen MR) is 61.5 cm³/mol. The topological polar surface area (TPSA) is 30.2 Å². The van der Waals surface area contributed by atoms with Crippen molar-refractivity contribution in [1.29, 1.82) is 0 Å². The number of benzene rings is 1. The van der Waals surface area contributed by atoms with Gasteiger partial charge in [0.1, 0.15) is 5.76 Å². The minimum Gasteiger partial charge on any atom is -0.453 e. The van der Waals surface area contributed by atoms with Gasteiger partial charge in [-0.2, -0.15) is 0 Å². The third-order valence-electron chi connectivity index (χ3n) is 2.99. The minimum absolute atomic E-state index is 0.389. The quantitative estimate of drug-likeness (QED) is 0.727. The smallest absolute Gasteiger partial charge is 0.185 e. The number of aldehydes is 1. The van der Waals surface area contributed by atoms with Gasteiger partial charge in [-0.05, 0) is 36.5 Å². The fourth-order valence-electron chi connectivity index (χ4n) is 2.03. The predicted octanol–water partition coefficient (Wildman–Crippen LogP) is 3.64. The van der Waals surface area contributed by atoms with Crippen LogP contribution in [0.4, 0.5) is 0 Å². The lowest BCUT2D eigenvalue weighted by molar-refractivity contribution is 0.110. The number of carbonyl (C=O) groups excluding carboxylic acids is 1. The van der Waals surface area contributed by atoms with Crippen LogP contribution in [-0.2, 0) is 0 Å². The van der Waals surface area contributed by atoms with Crippen molar-refractivity contribution < 1.29 is 9.21 Å². The lowest BCUT2D eigenvalue weighted by atomic mass is 10.0. The summed E-state index contributed by atoms with van der Waals surface area (Å²) in [7, 11) is 0. The lowest BCUT2D eigenvalue weighted by Gasteiger charge is -2.04. The molecule has 16 heavy (non-hydrogen) atoms. The third-order valence-corrected chi connectivity index (χ3v) is 2.99. The molecule has 1 aliphatic rings. The van der Waals surface area contributed by atoms with E-state index in [1.807, 2.05) is 12.1 Å². The van der Waals surface area contributed by atoms with E-state index in [4.69, 9.17) is 4.42 Å². The molecule has 0 spiro atoms. The molecule has 2 heteroatoms. The summed E-state index contributed by atoms with van der Waals surface area (Å²) < 4.78 is 5.47. The Balaban J connectivity index is 2.07. The van der Waals surface area contributed by atoms with Crippen molar-refractivity contribution in [3.8, 4) is 11.3 Å². The summed E-state index contributed by atoms with van der Waals surface area (Å²) >= 11 is 0. The Hall–Kier alpha value is -1.83. The summed E-state index contributed by atoms with van der Waals surface area (Å²) in [6.45, 7) is 0. The molecule has 0 bridgehead atoms. The number of hydrogen-bond acceptors (Lipinski definition) is 2. The Labute approximate surface area is 93.9 Å². The van der Waals surface area contributed by atoms with E-state index < -0.39 is 0 Å². The maximum absolute atomic E-state index is 10.6. The molecule has 0 saturated heterocycles. The second-order valence-corrected chi connectivity index (χ2v) is 4.18. The number of carbonyl (C=O) groups is 1. The van der Waals surface area contributed by atoms with Crippen LogP contribution in [0.5, 0.6) is 0 Å². The molecule has 2 aromatic rings. The van der Waals surface area contributed by atoms with Crippen molar-refractivity contribution in [2.45, 2.75) is 18.8 Å². The first kappa shape index (κ1) is 9.40. The molecule has 1 aliphatic carbocycles. The highest BCUT2D eigenvalue weighted by Crippen LogP contribution is 2.44. The minimum atomic E-state index is 0.389. The third kappa shape index (κ3) is 1.56. The SMILES string of the molecule is O=Cc1ccc(-c2ccccc2C2CC2)o1. The molecule has 3 rings (SSSR count). The molecule has 2 nitrogen and oxygen atoms in total. The highest BCUT2D eigenvalue weighted by atomic mass is 16.3. The Morgan fingerprint density at radius 1 is 1.12 bits per heavy atom. The number of furan rings is 1. The molecule has 0 aliphatic heterocycles. The van der Waals surface area contributed by atoms with E-state index in [-0.39, 0.29) is 0 Å². The van der Waals surface area contributed by atoms with Crippen molar-refractivity contribution in [3.63, 3.8) is 0 Å². The Bertz CT molecular complexity index is 521. The van der Waals surface area contributed by atoms with Gasteiger partial charge in [-0.25, -0.2) is 0 Å². The Morgan fingerprint density at radius 2 is 1.94 bits per heavy atom. The average molecular weight is 212 g/mol. The summed E-state index contributed by atoms with van der Waals surface area (Å²) in [5.41, 5.74) is 2.47. The van der Waals surface area contributed by atoms with Crippen LogP contribution in [0, 0.1) is 0 Å².